The fourth-order valence-corrected chi connectivity index (χ4v) is 4.21. The Kier molecular flexibility index (Phi) is 5.60. The molecule has 1 fully saturated rings. The van der Waals surface area contributed by atoms with E-state index in [4.69, 9.17) is 5.14 Å². The predicted octanol–water partition coefficient (Wildman–Crippen LogP) is 1.57. The Morgan fingerprint density at radius 1 is 1.29 bits per heavy atom. The first kappa shape index (κ1) is 16.3. The van der Waals surface area contributed by atoms with Gasteiger partial charge in [0.05, 0.1) is 0 Å². The van der Waals surface area contributed by atoms with Gasteiger partial charge in [-0.05, 0) is 31.4 Å². The van der Waals surface area contributed by atoms with Crippen LogP contribution in [0.1, 0.15) is 37.0 Å². The average Bonchev–Trinajstić information content (AvgIpc) is 2.88. The van der Waals surface area contributed by atoms with Crippen molar-refractivity contribution in [1.29, 1.82) is 0 Å². The molecule has 0 saturated heterocycles. The molecule has 0 aliphatic heterocycles. The summed E-state index contributed by atoms with van der Waals surface area (Å²) in [7, 11) is -3.62. The molecule has 1 aliphatic carbocycles. The number of carbonyl (C=O) groups excluding carboxylic acids is 1. The van der Waals surface area contributed by atoms with E-state index in [-0.39, 0.29) is 16.3 Å². The summed E-state index contributed by atoms with van der Waals surface area (Å²) in [4.78, 5) is 12.6. The summed E-state index contributed by atoms with van der Waals surface area (Å²) in [5.74, 6) is 0. The predicted molar refractivity (Wildman–Crippen MR) is 82.8 cm³/mol. The zero-order chi connectivity index (χ0) is 15.3. The zero-order valence-corrected chi connectivity index (χ0v) is 13.4. The van der Waals surface area contributed by atoms with Crippen LogP contribution in [0.5, 0.6) is 0 Å². The second-order valence-corrected chi connectivity index (χ2v) is 8.21. The lowest BCUT2D eigenvalue weighted by atomic mass is 9.96. The van der Waals surface area contributed by atoms with Crippen LogP contribution >= 0.6 is 11.3 Å². The number of nitrogens with two attached hydrogens (primary N) is 1. The van der Waals surface area contributed by atoms with Crippen LogP contribution in [-0.4, -0.2) is 27.0 Å². The van der Waals surface area contributed by atoms with Crippen molar-refractivity contribution in [3.8, 4) is 0 Å². The number of sulfonamides is 1. The molecule has 0 bridgehead atoms. The highest BCUT2D eigenvalue weighted by atomic mass is 32.2. The van der Waals surface area contributed by atoms with Crippen molar-refractivity contribution in [2.45, 2.75) is 48.8 Å². The molecule has 1 heterocycles. The first-order valence-electron chi connectivity index (χ1n) is 7.11. The van der Waals surface area contributed by atoms with Gasteiger partial charge in [-0.3, -0.25) is 0 Å². The van der Waals surface area contributed by atoms with E-state index < -0.39 is 10.0 Å². The molecule has 1 aliphatic rings. The van der Waals surface area contributed by atoms with Crippen molar-refractivity contribution in [2.75, 3.05) is 6.54 Å². The first-order chi connectivity index (χ1) is 9.95. The molecule has 0 unspecified atom stereocenters. The smallest absolute Gasteiger partial charge is 0.315 e. The molecule has 2 amide bonds. The standard InChI is InChI=1S/C13H21N3O3S2/c14-21(18,19)12-7-6-11(20-12)8-9-15-13(17)16-10-4-2-1-3-5-10/h6-7,10H,1-5,8-9H2,(H2,14,18,19)(H2,15,16,17). The third-order valence-corrected chi connectivity index (χ3v) is 6.10. The lowest BCUT2D eigenvalue weighted by Gasteiger charge is -2.22. The Morgan fingerprint density at radius 3 is 2.62 bits per heavy atom. The fraction of sp³-hybridized carbons (Fsp3) is 0.615. The summed E-state index contributed by atoms with van der Waals surface area (Å²) in [6, 6.07) is 3.36. The third kappa shape index (κ3) is 5.29. The van der Waals surface area contributed by atoms with E-state index in [9.17, 15) is 13.2 Å². The van der Waals surface area contributed by atoms with E-state index in [0.717, 1.165) is 29.1 Å². The molecule has 1 saturated carbocycles. The lowest BCUT2D eigenvalue weighted by molar-refractivity contribution is 0.233. The highest BCUT2D eigenvalue weighted by Gasteiger charge is 2.15. The monoisotopic (exact) mass is 331 g/mol. The molecule has 8 heteroatoms. The van der Waals surface area contributed by atoms with Crippen molar-refractivity contribution in [1.82, 2.24) is 10.6 Å². The number of hydrogen-bond acceptors (Lipinski definition) is 4. The van der Waals surface area contributed by atoms with Crippen molar-refractivity contribution in [2.24, 2.45) is 5.14 Å². The number of primary sulfonamides is 1. The summed E-state index contributed by atoms with van der Waals surface area (Å²) in [5.41, 5.74) is 0. The van der Waals surface area contributed by atoms with Crippen LogP contribution < -0.4 is 15.8 Å². The Bertz CT molecular complexity index is 577. The third-order valence-electron chi connectivity index (χ3n) is 3.51. The van der Waals surface area contributed by atoms with Crippen molar-refractivity contribution in [3.63, 3.8) is 0 Å². The van der Waals surface area contributed by atoms with Gasteiger partial charge in [-0.15, -0.1) is 11.3 Å². The van der Waals surface area contributed by atoms with Gasteiger partial charge < -0.3 is 10.6 Å². The summed E-state index contributed by atoms with van der Waals surface area (Å²) < 4.78 is 22.5. The maximum atomic E-state index is 11.7. The molecule has 1 aromatic rings. The minimum absolute atomic E-state index is 0.148. The van der Waals surface area contributed by atoms with Crippen molar-refractivity contribution < 1.29 is 13.2 Å². The summed E-state index contributed by atoms with van der Waals surface area (Å²) in [6.07, 6.45) is 6.31. The maximum Gasteiger partial charge on any atom is 0.315 e. The molecule has 1 aromatic heterocycles. The van der Waals surface area contributed by atoms with Gasteiger partial charge in [0.15, 0.2) is 0 Å². The molecule has 6 nitrogen and oxygen atoms in total. The van der Waals surface area contributed by atoms with E-state index in [2.05, 4.69) is 10.6 Å². The van der Waals surface area contributed by atoms with E-state index in [0.29, 0.717) is 13.0 Å². The second-order valence-electron chi connectivity index (χ2n) is 5.25. The number of amides is 2. The minimum Gasteiger partial charge on any atom is -0.338 e. The normalized spacial score (nSPS) is 16.6. The van der Waals surface area contributed by atoms with Gasteiger partial charge in [-0.25, -0.2) is 18.4 Å². The van der Waals surface area contributed by atoms with Crippen molar-refractivity contribution >= 4 is 27.4 Å². The summed E-state index contributed by atoms with van der Waals surface area (Å²) in [6.45, 7) is 0.475. The van der Waals surface area contributed by atoms with Gasteiger partial charge in [0.1, 0.15) is 4.21 Å². The molecule has 21 heavy (non-hydrogen) atoms. The molecule has 4 N–H and O–H groups in total. The van der Waals surface area contributed by atoms with Crippen LogP contribution in [-0.2, 0) is 16.4 Å². The van der Waals surface area contributed by atoms with Crippen LogP contribution in [0.2, 0.25) is 0 Å². The van der Waals surface area contributed by atoms with Gasteiger partial charge >= 0.3 is 6.03 Å². The number of nitrogens with one attached hydrogen (secondary N) is 2. The Labute approximate surface area is 129 Å². The van der Waals surface area contributed by atoms with E-state index in [1.807, 2.05) is 0 Å². The molecule has 118 valence electrons. The van der Waals surface area contributed by atoms with E-state index in [1.54, 1.807) is 6.07 Å². The van der Waals surface area contributed by atoms with Crippen LogP contribution in [0.25, 0.3) is 0 Å². The van der Waals surface area contributed by atoms with Crippen LogP contribution in [0.4, 0.5) is 4.79 Å². The summed E-state index contributed by atoms with van der Waals surface area (Å²) in [5, 5.41) is 10.8. The number of thiophene rings is 1. The number of urea groups is 1. The Morgan fingerprint density at radius 2 is 2.00 bits per heavy atom. The molecule has 0 aromatic carbocycles. The lowest BCUT2D eigenvalue weighted by Crippen LogP contribution is -2.43. The molecular formula is C13H21N3O3S2. The van der Waals surface area contributed by atoms with Crippen molar-refractivity contribution in [3.05, 3.63) is 17.0 Å². The van der Waals surface area contributed by atoms with Crippen LogP contribution in [0.15, 0.2) is 16.3 Å². The minimum atomic E-state index is -3.62. The van der Waals surface area contributed by atoms with Crippen LogP contribution in [0.3, 0.4) is 0 Å². The van der Waals surface area contributed by atoms with Gasteiger partial charge in [-0.1, -0.05) is 19.3 Å². The average molecular weight is 331 g/mol. The topological polar surface area (TPSA) is 101 Å². The van der Waals surface area contributed by atoms with Gasteiger partial charge in [0, 0.05) is 17.5 Å². The van der Waals surface area contributed by atoms with E-state index >= 15 is 0 Å². The highest BCUT2D eigenvalue weighted by Crippen LogP contribution is 2.20. The zero-order valence-electron chi connectivity index (χ0n) is 11.8. The number of rotatable bonds is 5. The van der Waals surface area contributed by atoms with Gasteiger partial charge in [-0.2, -0.15) is 0 Å². The SMILES string of the molecule is NS(=O)(=O)c1ccc(CCNC(=O)NC2CCCCC2)s1. The van der Waals surface area contributed by atoms with Gasteiger partial charge in [0.25, 0.3) is 0 Å². The molecular weight excluding hydrogens is 310 g/mol. The first-order valence-corrected chi connectivity index (χ1v) is 9.47. The summed E-state index contributed by atoms with van der Waals surface area (Å²) >= 11 is 1.14. The van der Waals surface area contributed by atoms with Gasteiger partial charge in [0.2, 0.25) is 10.0 Å². The molecule has 0 spiro atoms. The largest absolute Gasteiger partial charge is 0.338 e. The highest BCUT2D eigenvalue weighted by molar-refractivity contribution is 7.91. The molecule has 0 atom stereocenters. The second kappa shape index (κ2) is 7.24. The number of carbonyl (C=O) groups is 1. The van der Waals surface area contributed by atoms with E-state index in [1.165, 1.54) is 25.3 Å². The maximum absolute atomic E-state index is 11.7. The molecule has 2 rings (SSSR count). The Hall–Kier alpha value is -1.12. The quantitative estimate of drug-likeness (QED) is 0.763. The number of hydrogen-bond donors (Lipinski definition) is 3. The Balaban J connectivity index is 1.71. The fourth-order valence-electron chi connectivity index (χ4n) is 2.43. The molecule has 0 radical (unpaired) electrons. The van der Waals surface area contributed by atoms with Crippen LogP contribution in [0, 0.1) is 0 Å².